The number of aliphatic carboxylic acids is 1. The van der Waals surface area contributed by atoms with Gasteiger partial charge >= 0.3 is 18.0 Å². The van der Waals surface area contributed by atoms with Crippen LogP contribution in [0.25, 0.3) is 0 Å². The van der Waals surface area contributed by atoms with E-state index in [1.165, 1.54) is 0 Å². The Morgan fingerprint density at radius 3 is 2.14 bits per heavy atom. The first-order valence-electron chi connectivity index (χ1n) is 7.33. The molecule has 0 aliphatic carbocycles. The van der Waals surface area contributed by atoms with Crippen molar-refractivity contribution in [1.29, 1.82) is 0 Å². The molecule has 1 aliphatic rings. The van der Waals surface area contributed by atoms with Crippen molar-refractivity contribution in [2.75, 3.05) is 32.7 Å². The number of carboxylic acid groups (broad SMARTS) is 1. The zero-order valence-electron chi connectivity index (χ0n) is 13.3. The highest BCUT2D eigenvalue weighted by Crippen LogP contribution is 2.21. The van der Waals surface area contributed by atoms with Crippen LogP contribution in [0, 0.1) is 0 Å². The van der Waals surface area contributed by atoms with Crippen molar-refractivity contribution >= 4 is 12.1 Å². The van der Waals surface area contributed by atoms with Gasteiger partial charge in [-0.2, -0.15) is 8.78 Å². The van der Waals surface area contributed by atoms with Gasteiger partial charge in [0.05, 0.1) is 0 Å². The van der Waals surface area contributed by atoms with Crippen LogP contribution in [0.5, 0.6) is 0 Å². The van der Waals surface area contributed by atoms with E-state index in [0.29, 0.717) is 32.7 Å². The third-order valence-electron chi connectivity index (χ3n) is 3.30. The van der Waals surface area contributed by atoms with Crippen molar-refractivity contribution in [2.45, 2.75) is 45.1 Å². The topological polar surface area (TPSA) is 70.1 Å². The molecule has 8 heteroatoms. The zero-order chi connectivity index (χ0) is 17.0. The number of nitrogens with zero attached hydrogens (tertiary/aromatic N) is 2. The third kappa shape index (κ3) is 6.13. The molecule has 0 atom stereocenters. The lowest BCUT2D eigenvalue weighted by molar-refractivity contribution is -0.165. The van der Waals surface area contributed by atoms with Gasteiger partial charge in [-0.25, -0.2) is 9.59 Å². The minimum absolute atomic E-state index is 0.103. The Labute approximate surface area is 129 Å². The van der Waals surface area contributed by atoms with Crippen molar-refractivity contribution in [3.8, 4) is 0 Å². The number of carboxylic acids is 1. The molecule has 128 valence electrons. The lowest BCUT2D eigenvalue weighted by atomic mass is 10.1. The second-order valence-corrected chi connectivity index (χ2v) is 6.42. The minimum Gasteiger partial charge on any atom is -0.477 e. The molecule has 0 unspecified atom stereocenters. The van der Waals surface area contributed by atoms with Gasteiger partial charge in [-0.3, -0.25) is 4.90 Å². The van der Waals surface area contributed by atoms with Crippen molar-refractivity contribution in [3.05, 3.63) is 0 Å². The molecule has 1 aliphatic heterocycles. The first-order valence-corrected chi connectivity index (χ1v) is 7.33. The Morgan fingerprint density at radius 1 is 1.14 bits per heavy atom. The molecule has 0 aromatic carbocycles. The fourth-order valence-corrected chi connectivity index (χ4v) is 2.11. The van der Waals surface area contributed by atoms with Gasteiger partial charge in [0, 0.05) is 32.6 Å². The van der Waals surface area contributed by atoms with Gasteiger partial charge in [0.25, 0.3) is 0 Å². The highest BCUT2D eigenvalue weighted by atomic mass is 19.3. The Morgan fingerprint density at radius 2 is 1.68 bits per heavy atom. The number of alkyl halides is 2. The fourth-order valence-electron chi connectivity index (χ4n) is 2.11. The summed E-state index contributed by atoms with van der Waals surface area (Å²) in [7, 11) is 0. The van der Waals surface area contributed by atoms with E-state index in [2.05, 4.69) is 0 Å². The van der Waals surface area contributed by atoms with Crippen LogP contribution in [0.2, 0.25) is 0 Å². The molecule has 1 N–H and O–H groups in total. The van der Waals surface area contributed by atoms with Crippen molar-refractivity contribution in [3.63, 3.8) is 0 Å². The van der Waals surface area contributed by atoms with E-state index in [9.17, 15) is 18.4 Å². The Balaban J connectivity index is 2.28. The van der Waals surface area contributed by atoms with Crippen LogP contribution < -0.4 is 0 Å². The first kappa shape index (κ1) is 18.6. The van der Waals surface area contributed by atoms with Crippen molar-refractivity contribution < 1.29 is 28.2 Å². The van der Waals surface area contributed by atoms with Gasteiger partial charge < -0.3 is 14.7 Å². The van der Waals surface area contributed by atoms with Crippen LogP contribution in [-0.2, 0) is 9.53 Å². The lowest BCUT2D eigenvalue weighted by Gasteiger charge is -2.35. The Hall–Kier alpha value is -1.44. The molecule has 0 aromatic rings. The van der Waals surface area contributed by atoms with Gasteiger partial charge in [0.1, 0.15) is 5.60 Å². The number of carbonyl (C=O) groups is 2. The van der Waals surface area contributed by atoms with Gasteiger partial charge in [-0.15, -0.1) is 0 Å². The van der Waals surface area contributed by atoms with Gasteiger partial charge in [0.2, 0.25) is 0 Å². The monoisotopic (exact) mass is 322 g/mol. The number of hydrogen-bond donors (Lipinski definition) is 1. The van der Waals surface area contributed by atoms with Crippen LogP contribution in [-0.4, -0.2) is 71.2 Å². The van der Waals surface area contributed by atoms with Crippen LogP contribution >= 0.6 is 0 Å². The molecule has 1 amide bonds. The molecule has 1 saturated heterocycles. The third-order valence-corrected chi connectivity index (χ3v) is 3.30. The predicted octanol–water partition coefficient (Wildman–Crippen LogP) is 2.04. The van der Waals surface area contributed by atoms with Gasteiger partial charge in [-0.1, -0.05) is 0 Å². The first-order chi connectivity index (χ1) is 10.0. The molecule has 0 radical (unpaired) electrons. The zero-order valence-corrected chi connectivity index (χ0v) is 13.3. The molecule has 1 heterocycles. The maximum atomic E-state index is 12.9. The largest absolute Gasteiger partial charge is 0.477 e. The number of ether oxygens (including phenoxy) is 1. The van der Waals surface area contributed by atoms with Crippen LogP contribution in [0.3, 0.4) is 0 Å². The summed E-state index contributed by atoms with van der Waals surface area (Å²) >= 11 is 0. The minimum atomic E-state index is -3.67. The van der Waals surface area contributed by atoms with E-state index in [-0.39, 0.29) is 12.5 Å². The van der Waals surface area contributed by atoms with Crippen molar-refractivity contribution in [2.24, 2.45) is 0 Å². The number of amides is 1. The van der Waals surface area contributed by atoms with Gasteiger partial charge in [-0.05, 0) is 33.7 Å². The number of piperazine rings is 1. The van der Waals surface area contributed by atoms with E-state index < -0.39 is 23.9 Å². The number of halogens is 2. The molecule has 0 saturated carbocycles. The van der Waals surface area contributed by atoms with E-state index in [4.69, 9.17) is 9.84 Å². The molecular weight excluding hydrogens is 298 g/mol. The number of rotatable bonds is 5. The molecule has 22 heavy (non-hydrogen) atoms. The number of hydrogen-bond acceptors (Lipinski definition) is 4. The summed E-state index contributed by atoms with van der Waals surface area (Å²) in [5.74, 6) is -5.75. The van der Waals surface area contributed by atoms with Crippen LogP contribution in [0.1, 0.15) is 33.6 Å². The Bertz CT molecular complexity index is 402. The molecule has 1 fully saturated rings. The molecule has 0 aromatic heterocycles. The standard InChI is InChI=1S/C14H24F2N2O4/c1-13(2,3)22-12(21)18-9-7-17(8-10-18)6-4-5-14(15,16)11(19)20/h4-10H2,1-3H3,(H,19,20). The summed E-state index contributed by atoms with van der Waals surface area (Å²) in [5.41, 5.74) is -0.545. The van der Waals surface area contributed by atoms with E-state index in [0.717, 1.165) is 0 Å². The maximum Gasteiger partial charge on any atom is 0.410 e. The Kier molecular flexibility index (Phi) is 6.10. The smallest absolute Gasteiger partial charge is 0.410 e. The molecule has 0 spiro atoms. The lowest BCUT2D eigenvalue weighted by Crippen LogP contribution is -2.50. The second kappa shape index (κ2) is 7.21. The molecule has 0 bridgehead atoms. The normalized spacial score (nSPS) is 17.4. The maximum absolute atomic E-state index is 12.9. The number of carbonyl (C=O) groups excluding carboxylic acids is 1. The fraction of sp³-hybridized carbons (Fsp3) is 0.857. The summed E-state index contributed by atoms with van der Waals surface area (Å²) in [6, 6.07) is 0. The van der Waals surface area contributed by atoms with Crippen LogP contribution in [0.4, 0.5) is 13.6 Å². The van der Waals surface area contributed by atoms with Gasteiger partial charge in [0.15, 0.2) is 0 Å². The predicted molar refractivity (Wildman–Crippen MR) is 76.1 cm³/mol. The summed E-state index contributed by atoms with van der Waals surface area (Å²) in [6.45, 7) is 7.87. The summed E-state index contributed by atoms with van der Waals surface area (Å²) < 4.78 is 31.1. The highest BCUT2D eigenvalue weighted by Gasteiger charge is 2.38. The molecule has 6 nitrogen and oxygen atoms in total. The van der Waals surface area contributed by atoms with E-state index in [1.54, 1.807) is 25.7 Å². The SMILES string of the molecule is CC(C)(C)OC(=O)N1CCN(CCCC(F)(F)C(=O)O)CC1. The molecule has 1 rings (SSSR count). The summed E-state index contributed by atoms with van der Waals surface area (Å²) in [5, 5.41) is 8.35. The second-order valence-electron chi connectivity index (χ2n) is 6.42. The van der Waals surface area contributed by atoms with E-state index >= 15 is 0 Å². The average molecular weight is 322 g/mol. The van der Waals surface area contributed by atoms with E-state index in [1.807, 2.05) is 4.90 Å². The summed E-state index contributed by atoms with van der Waals surface area (Å²) in [4.78, 5) is 25.7. The molecular formula is C14H24F2N2O4. The van der Waals surface area contributed by atoms with Crippen LogP contribution in [0.15, 0.2) is 0 Å². The highest BCUT2D eigenvalue weighted by molar-refractivity contribution is 5.75. The average Bonchev–Trinajstić information content (AvgIpc) is 2.37. The van der Waals surface area contributed by atoms with Crippen molar-refractivity contribution in [1.82, 2.24) is 9.80 Å². The quantitative estimate of drug-likeness (QED) is 0.839. The summed E-state index contributed by atoms with van der Waals surface area (Å²) in [6.07, 6.45) is -0.940.